The molecular weight excluding hydrogens is 306 g/mol. The fraction of sp³-hybridized carbons (Fsp3) is 0.789. The van der Waals surface area contributed by atoms with Crippen LogP contribution in [0.2, 0.25) is 0 Å². The van der Waals surface area contributed by atoms with Gasteiger partial charge in [-0.05, 0) is 45.2 Å². The first kappa shape index (κ1) is 17.5. The summed E-state index contributed by atoms with van der Waals surface area (Å²) in [6.45, 7) is 5.28. The molecule has 0 N–H and O–H groups in total. The van der Waals surface area contributed by atoms with E-state index in [0.717, 1.165) is 25.7 Å². The molecule has 5 nitrogen and oxygen atoms in total. The van der Waals surface area contributed by atoms with Crippen LogP contribution in [0.3, 0.4) is 0 Å². The second kappa shape index (κ2) is 7.68. The predicted molar refractivity (Wildman–Crippen MR) is 90.4 cm³/mol. The maximum absolute atomic E-state index is 11.4. The van der Waals surface area contributed by atoms with Crippen molar-refractivity contribution < 1.29 is 19.1 Å². The normalized spacial score (nSPS) is 31.3. The summed E-state index contributed by atoms with van der Waals surface area (Å²) >= 11 is 0. The van der Waals surface area contributed by atoms with Crippen molar-refractivity contribution in [3.63, 3.8) is 0 Å². The Bertz CT molecular complexity index is 521. The summed E-state index contributed by atoms with van der Waals surface area (Å²) in [4.78, 5) is 25.4. The molecule has 0 spiro atoms. The average molecular weight is 335 g/mol. The summed E-state index contributed by atoms with van der Waals surface area (Å²) in [6, 6.07) is 0.632. The Kier molecular flexibility index (Phi) is 5.59. The van der Waals surface area contributed by atoms with Crippen molar-refractivity contribution in [2.45, 2.75) is 83.5 Å². The zero-order chi connectivity index (χ0) is 17.1. The van der Waals surface area contributed by atoms with Crippen molar-refractivity contribution in [2.24, 2.45) is 0 Å². The van der Waals surface area contributed by atoms with Crippen LogP contribution in [-0.4, -0.2) is 48.2 Å². The van der Waals surface area contributed by atoms with E-state index in [-0.39, 0.29) is 24.1 Å². The first-order valence-corrected chi connectivity index (χ1v) is 9.31. The lowest BCUT2D eigenvalue weighted by Crippen LogP contribution is -2.44. The fourth-order valence-corrected chi connectivity index (χ4v) is 4.53. The highest BCUT2D eigenvalue weighted by Gasteiger charge is 2.37. The lowest BCUT2D eigenvalue weighted by Gasteiger charge is -2.42. The van der Waals surface area contributed by atoms with Crippen LogP contribution >= 0.6 is 0 Å². The molecule has 0 bridgehead atoms. The van der Waals surface area contributed by atoms with Crippen molar-refractivity contribution in [2.75, 3.05) is 13.1 Å². The number of nitrogens with zero attached hydrogens (tertiary/aromatic N) is 1. The van der Waals surface area contributed by atoms with Crippen LogP contribution in [0, 0.1) is 0 Å². The Labute approximate surface area is 144 Å². The van der Waals surface area contributed by atoms with Gasteiger partial charge in [-0.25, -0.2) is 0 Å². The van der Waals surface area contributed by atoms with Gasteiger partial charge in [0.25, 0.3) is 0 Å². The summed E-state index contributed by atoms with van der Waals surface area (Å²) in [5, 5.41) is 0. The number of ether oxygens (including phenoxy) is 2. The summed E-state index contributed by atoms with van der Waals surface area (Å²) in [7, 11) is 0. The van der Waals surface area contributed by atoms with Gasteiger partial charge in [0.15, 0.2) is 0 Å². The molecule has 3 atom stereocenters. The molecule has 1 heterocycles. The van der Waals surface area contributed by atoms with Crippen LogP contribution in [-0.2, 0) is 19.1 Å². The van der Waals surface area contributed by atoms with E-state index in [0.29, 0.717) is 6.04 Å². The molecule has 0 radical (unpaired) electrons. The minimum absolute atomic E-state index is 0.301. The van der Waals surface area contributed by atoms with Gasteiger partial charge in [0, 0.05) is 32.7 Å². The van der Waals surface area contributed by atoms with Crippen LogP contribution in [0.1, 0.15) is 65.2 Å². The molecule has 0 saturated carbocycles. The fourth-order valence-electron chi connectivity index (χ4n) is 4.53. The highest BCUT2D eigenvalue weighted by Crippen LogP contribution is 2.39. The average Bonchev–Trinajstić information content (AvgIpc) is 2.55. The van der Waals surface area contributed by atoms with E-state index in [1.54, 1.807) is 0 Å². The van der Waals surface area contributed by atoms with E-state index in [1.807, 2.05) is 0 Å². The number of likely N-dealkylation sites (tertiary alicyclic amines) is 1. The van der Waals surface area contributed by atoms with Gasteiger partial charge in [-0.1, -0.05) is 17.6 Å². The molecule has 24 heavy (non-hydrogen) atoms. The maximum Gasteiger partial charge on any atom is 0.303 e. The summed E-state index contributed by atoms with van der Waals surface area (Å²) in [5.74, 6) is -0.604. The third-order valence-electron chi connectivity index (χ3n) is 5.61. The summed E-state index contributed by atoms with van der Waals surface area (Å²) in [6.07, 6.45) is 8.14. The van der Waals surface area contributed by atoms with E-state index in [9.17, 15) is 9.59 Å². The van der Waals surface area contributed by atoms with Gasteiger partial charge in [-0.3, -0.25) is 9.59 Å². The predicted octanol–water partition coefficient (Wildman–Crippen LogP) is 2.98. The molecule has 0 aromatic carbocycles. The number of piperidine rings is 1. The molecule has 1 unspecified atom stereocenters. The quantitative estimate of drug-likeness (QED) is 0.586. The van der Waals surface area contributed by atoms with Gasteiger partial charge in [-0.2, -0.15) is 0 Å². The number of rotatable bonds is 3. The molecule has 3 aliphatic rings. The molecule has 1 aliphatic heterocycles. The highest BCUT2D eigenvalue weighted by molar-refractivity contribution is 5.67. The third-order valence-corrected chi connectivity index (χ3v) is 5.61. The summed E-state index contributed by atoms with van der Waals surface area (Å²) in [5.41, 5.74) is 2.87. The molecule has 1 saturated heterocycles. The molecule has 0 amide bonds. The van der Waals surface area contributed by atoms with Crippen LogP contribution in [0.4, 0.5) is 0 Å². The molecule has 5 heteroatoms. The van der Waals surface area contributed by atoms with E-state index in [2.05, 4.69) is 4.90 Å². The third kappa shape index (κ3) is 4.18. The highest BCUT2D eigenvalue weighted by atomic mass is 16.6. The topological polar surface area (TPSA) is 55.8 Å². The molecule has 134 valence electrons. The van der Waals surface area contributed by atoms with E-state index in [1.165, 1.54) is 63.8 Å². The SMILES string of the molecule is CC(=O)O[C@H]1CC2=C(CCC(N3CCCCC3)C2)C[C@H]1OC(C)=O. The molecular formula is C19H29NO4. The zero-order valence-electron chi connectivity index (χ0n) is 14.9. The van der Waals surface area contributed by atoms with Gasteiger partial charge in [0.2, 0.25) is 0 Å². The number of carbonyl (C=O) groups excluding carboxylic acids is 2. The standard InChI is InChI=1S/C19H29NO4/c1-13(21)23-18-11-15-6-7-17(20-8-4-3-5-9-20)10-16(15)12-19(18)24-14(2)22/h17-19H,3-12H2,1-2H3/t17?,18-,19+/m1/s1. The van der Waals surface area contributed by atoms with Crippen LogP contribution in [0.15, 0.2) is 11.1 Å². The van der Waals surface area contributed by atoms with Gasteiger partial charge in [0.1, 0.15) is 12.2 Å². The number of carbonyl (C=O) groups is 2. The Morgan fingerprint density at radius 3 is 2.04 bits per heavy atom. The van der Waals surface area contributed by atoms with Crippen LogP contribution < -0.4 is 0 Å². The minimum Gasteiger partial charge on any atom is -0.458 e. The monoisotopic (exact) mass is 335 g/mol. The zero-order valence-corrected chi connectivity index (χ0v) is 14.9. The Morgan fingerprint density at radius 1 is 0.875 bits per heavy atom. The lowest BCUT2D eigenvalue weighted by atomic mass is 9.77. The summed E-state index contributed by atoms with van der Waals surface area (Å²) < 4.78 is 10.9. The van der Waals surface area contributed by atoms with Gasteiger partial charge in [0.05, 0.1) is 0 Å². The van der Waals surface area contributed by atoms with Crippen molar-refractivity contribution >= 4 is 11.9 Å². The first-order valence-electron chi connectivity index (χ1n) is 9.31. The smallest absolute Gasteiger partial charge is 0.303 e. The second-order valence-electron chi connectivity index (χ2n) is 7.40. The van der Waals surface area contributed by atoms with Crippen molar-refractivity contribution in [3.8, 4) is 0 Å². The van der Waals surface area contributed by atoms with Crippen molar-refractivity contribution in [1.82, 2.24) is 4.90 Å². The van der Waals surface area contributed by atoms with E-state index >= 15 is 0 Å². The molecule has 3 rings (SSSR count). The van der Waals surface area contributed by atoms with Crippen molar-refractivity contribution in [1.29, 1.82) is 0 Å². The number of esters is 2. The van der Waals surface area contributed by atoms with Gasteiger partial charge >= 0.3 is 11.9 Å². The Morgan fingerprint density at radius 2 is 1.46 bits per heavy atom. The van der Waals surface area contributed by atoms with E-state index in [4.69, 9.17) is 9.47 Å². The molecule has 1 fully saturated rings. The number of hydrogen-bond acceptors (Lipinski definition) is 5. The first-order chi connectivity index (χ1) is 11.5. The maximum atomic E-state index is 11.4. The largest absolute Gasteiger partial charge is 0.458 e. The Hall–Kier alpha value is -1.36. The van der Waals surface area contributed by atoms with Gasteiger partial charge in [-0.15, -0.1) is 0 Å². The van der Waals surface area contributed by atoms with E-state index < -0.39 is 0 Å². The number of hydrogen-bond donors (Lipinski definition) is 0. The van der Waals surface area contributed by atoms with Gasteiger partial charge < -0.3 is 14.4 Å². The molecule has 0 aromatic heterocycles. The van der Waals surface area contributed by atoms with Crippen LogP contribution in [0.25, 0.3) is 0 Å². The minimum atomic E-state index is -0.328. The second-order valence-corrected chi connectivity index (χ2v) is 7.40. The molecule has 2 aliphatic carbocycles. The van der Waals surface area contributed by atoms with Crippen molar-refractivity contribution in [3.05, 3.63) is 11.1 Å². The Balaban J connectivity index is 1.69. The molecule has 0 aromatic rings. The van der Waals surface area contributed by atoms with Crippen LogP contribution in [0.5, 0.6) is 0 Å². The lowest BCUT2D eigenvalue weighted by molar-refractivity contribution is -0.166.